The summed E-state index contributed by atoms with van der Waals surface area (Å²) in [5, 5.41) is 1.46. The van der Waals surface area contributed by atoms with Crippen molar-refractivity contribution < 1.29 is 4.43 Å². The summed E-state index contributed by atoms with van der Waals surface area (Å²) >= 11 is 0. The molecule has 2 aromatic carbocycles. The molecule has 112 valence electrons. The fourth-order valence-corrected chi connectivity index (χ4v) is 8.09. The van der Waals surface area contributed by atoms with Gasteiger partial charge in [0.15, 0.2) is 8.32 Å². The summed E-state index contributed by atoms with van der Waals surface area (Å²) in [4.78, 5) is 0. The molecule has 0 aromatic heterocycles. The maximum atomic E-state index is 6.64. The number of hydrogen-bond donors (Lipinski definition) is 0. The standard InChI is InChI=1S/C18H26OSi2/c1-20(2,3)19-18(16-12-8-6-9-13-16)21(4,5)17-14-10-7-11-15-17/h6-15,18H,1-5H3. The van der Waals surface area contributed by atoms with E-state index < -0.39 is 16.4 Å². The maximum Gasteiger partial charge on any atom is 0.184 e. The Balaban J connectivity index is 2.44. The first-order valence-corrected chi connectivity index (χ1v) is 14.1. The van der Waals surface area contributed by atoms with Gasteiger partial charge >= 0.3 is 0 Å². The van der Waals surface area contributed by atoms with Gasteiger partial charge in [-0.25, -0.2) is 0 Å². The lowest BCUT2D eigenvalue weighted by atomic mass is 10.2. The molecule has 0 fully saturated rings. The van der Waals surface area contributed by atoms with Gasteiger partial charge in [-0.1, -0.05) is 78.9 Å². The molecule has 2 aromatic rings. The third-order valence-electron chi connectivity index (χ3n) is 3.75. The van der Waals surface area contributed by atoms with Crippen molar-refractivity contribution >= 4 is 21.6 Å². The van der Waals surface area contributed by atoms with Gasteiger partial charge in [0.2, 0.25) is 0 Å². The predicted octanol–water partition coefficient (Wildman–Crippen LogP) is 4.73. The van der Waals surface area contributed by atoms with E-state index in [0.717, 1.165) is 0 Å². The predicted molar refractivity (Wildman–Crippen MR) is 97.2 cm³/mol. The van der Waals surface area contributed by atoms with Crippen LogP contribution in [-0.4, -0.2) is 16.4 Å². The molecule has 1 unspecified atom stereocenters. The molecular formula is C18H26OSi2. The molecule has 1 atom stereocenters. The molecule has 1 nitrogen and oxygen atoms in total. The third kappa shape index (κ3) is 4.16. The van der Waals surface area contributed by atoms with Gasteiger partial charge in [0.1, 0.15) is 8.07 Å². The van der Waals surface area contributed by atoms with Gasteiger partial charge in [-0.15, -0.1) is 0 Å². The average molecular weight is 315 g/mol. The molecule has 2 rings (SSSR count). The monoisotopic (exact) mass is 314 g/mol. The van der Waals surface area contributed by atoms with Crippen LogP contribution in [0, 0.1) is 0 Å². The molecule has 3 heteroatoms. The zero-order chi connectivity index (χ0) is 15.5. The molecule has 0 spiro atoms. The highest BCUT2D eigenvalue weighted by molar-refractivity contribution is 6.91. The van der Waals surface area contributed by atoms with Crippen LogP contribution >= 0.6 is 0 Å². The summed E-state index contributed by atoms with van der Waals surface area (Å²) in [6.45, 7) is 11.7. The number of benzene rings is 2. The topological polar surface area (TPSA) is 9.23 Å². The lowest BCUT2D eigenvalue weighted by molar-refractivity contribution is 0.270. The van der Waals surface area contributed by atoms with E-state index >= 15 is 0 Å². The van der Waals surface area contributed by atoms with Crippen LogP contribution in [0.2, 0.25) is 32.7 Å². The van der Waals surface area contributed by atoms with Gasteiger partial charge in [0.05, 0.1) is 5.73 Å². The highest BCUT2D eigenvalue weighted by Crippen LogP contribution is 2.31. The molecule has 21 heavy (non-hydrogen) atoms. The Morgan fingerprint density at radius 2 is 1.19 bits per heavy atom. The lowest BCUT2D eigenvalue weighted by Gasteiger charge is -2.37. The van der Waals surface area contributed by atoms with Crippen molar-refractivity contribution in [3.8, 4) is 0 Å². The van der Waals surface area contributed by atoms with E-state index in [-0.39, 0.29) is 5.73 Å². The zero-order valence-corrected chi connectivity index (χ0v) is 15.8. The van der Waals surface area contributed by atoms with Crippen LogP contribution in [0.15, 0.2) is 60.7 Å². The Bertz CT molecular complexity index is 559. The minimum atomic E-state index is -1.75. The van der Waals surface area contributed by atoms with E-state index in [2.05, 4.69) is 93.4 Å². The molecule has 0 aliphatic rings. The van der Waals surface area contributed by atoms with Gasteiger partial charge in [0.25, 0.3) is 0 Å². The Morgan fingerprint density at radius 3 is 1.67 bits per heavy atom. The van der Waals surface area contributed by atoms with Crippen molar-refractivity contribution in [2.45, 2.75) is 38.5 Å². The summed E-state index contributed by atoms with van der Waals surface area (Å²) in [5.41, 5.74) is 1.54. The number of hydrogen-bond acceptors (Lipinski definition) is 1. The normalized spacial score (nSPS) is 14.0. The largest absolute Gasteiger partial charge is 0.413 e. The Kier molecular flexibility index (Phi) is 4.86. The van der Waals surface area contributed by atoms with E-state index in [4.69, 9.17) is 4.43 Å². The van der Waals surface area contributed by atoms with Crippen LogP contribution in [0.3, 0.4) is 0 Å². The summed E-state index contributed by atoms with van der Waals surface area (Å²) < 4.78 is 6.64. The van der Waals surface area contributed by atoms with Crippen molar-refractivity contribution in [3.63, 3.8) is 0 Å². The molecule has 0 bridgehead atoms. The van der Waals surface area contributed by atoms with Gasteiger partial charge in [-0.2, -0.15) is 0 Å². The van der Waals surface area contributed by atoms with Crippen molar-refractivity contribution in [2.75, 3.05) is 0 Å². The molecule has 0 aliphatic heterocycles. The van der Waals surface area contributed by atoms with Crippen molar-refractivity contribution in [3.05, 3.63) is 66.2 Å². The van der Waals surface area contributed by atoms with Crippen LogP contribution in [0.4, 0.5) is 0 Å². The molecule has 0 saturated heterocycles. The van der Waals surface area contributed by atoms with Crippen LogP contribution in [0.1, 0.15) is 11.3 Å². The first-order valence-electron chi connectivity index (χ1n) is 7.59. The van der Waals surface area contributed by atoms with Gasteiger partial charge in [0, 0.05) is 0 Å². The van der Waals surface area contributed by atoms with Crippen LogP contribution in [-0.2, 0) is 4.43 Å². The molecule has 0 saturated carbocycles. The van der Waals surface area contributed by atoms with E-state index in [1.54, 1.807) is 0 Å². The second-order valence-corrected chi connectivity index (χ2v) is 16.1. The molecule has 0 amide bonds. The minimum absolute atomic E-state index is 0.216. The third-order valence-corrected chi connectivity index (χ3v) is 8.51. The maximum absolute atomic E-state index is 6.64. The van der Waals surface area contributed by atoms with Crippen LogP contribution < -0.4 is 5.19 Å². The van der Waals surface area contributed by atoms with Crippen molar-refractivity contribution in [2.24, 2.45) is 0 Å². The number of rotatable bonds is 5. The summed E-state index contributed by atoms with van der Waals surface area (Å²) in [6, 6.07) is 21.6. The summed E-state index contributed by atoms with van der Waals surface area (Å²) in [5.74, 6) is 0. The van der Waals surface area contributed by atoms with E-state index in [1.807, 2.05) is 0 Å². The van der Waals surface area contributed by atoms with Gasteiger partial charge < -0.3 is 4.43 Å². The summed E-state index contributed by atoms with van der Waals surface area (Å²) in [7, 11) is -3.36. The second-order valence-electron chi connectivity index (χ2n) is 7.11. The van der Waals surface area contributed by atoms with Gasteiger partial charge in [-0.05, 0) is 25.2 Å². The zero-order valence-electron chi connectivity index (χ0n) is 13.8. The average Bonchev–Trinajstić information content (AvgIpc) is 2.46. The highest BCUT2D eigenvalue weighted by Gasteiger charge is 2.38. The Labute approximate surface area is 131 Å². The smallest absolute Gasteiger partial charge is 0.184 e. The minimum Gasteiger partial charge on any atom is -0.413 e. The van der Waals surface area contributed by atoms with E-state index in [0.29, 0.717) is 0 Å². The quantitative estimate of drug-likeness (QED) is 0.725. The van der Waals surface area contributed by atoms with Crippen LogP contribution in [0.5, 0.6) is 0 Å². The summed E-state index contributed by atoms with van der Waals surface area (Å²) in [6.07, 6.45) is 0. The second kappa shape index (κ2) is 6.30. The first kappa shape index (κ1) is 16.2. The molecular weight excluding hydrogens is 288 g/mol. The SMILES string of the molecule is C[Si](C)(C)OC(c1ccccc1)[Si](C)(C)c1ccccc1. The van der Waals surface area contributed by atoms with Crippen LogP contribution in [0.25, 0.3) is 0 Å². The fraction of sp³-hybridized carbons (Fsp3) is 0.333. The fourth-order valence-electron chi connectivity index (χ4n) is 2.63. The Morgan fingerprint density at radius 1 is 0.714 bits per heavy atom. The molecule has 0 aliphatic carbocycles. The van der Waals surface area contributed by atoms with E-state index in [9.17, 15) is 0 Å². The first-order chi connectivity index (χ1) is 9.81. The molecule has 0 heterocycles. The van der Waals surface area contributed by atoms with Crippen molar-refractivity contribution in [1.82, 2.24) is 0 Å². The van der Waals surface area contributed by atoms with Crippen molar-refractivity contribution in [1.29, 1.82) is 0 Å². The molecule has 0 N–H and O–H groups in total. The lowest BCUT2D eigenvalue weighted by Crippen LogP contribution is -2.51. The molecule has 0 radical (unpaired) electrons. The van der Waals surface area contributed by atoms with E-state index in [1.165, 1.54) is 10.8 Å². The Hall–Kier alpha value is -1.17. The van der Waals surface area contributed by atoms with Gasteiger partial charge in [-0.3, -0.25) is 0 Å². The highest BCUT2D eigenvalue weighted by atomic mass is 28.4.